The molecule has 4 atom stereocenters. The molecule has 2 aromatic carbocycles. The number of non-ortho nitro benzene ring substituents is 1. The average molecular weight is 519 g/mol. The van der Waals surface area contributed by atoms with Crippen molar-refractivity contribution >= 4 is 17.5 Å². The lowest BCUT2D eigenvalue weighted by molar-refractivity contribution is -0.385. The van der Waals surface area contributed by atoms with E-state index >= 15 is 0 Å². The number of anilines is 1. The van der Waals surface area contributed by atoms with Crippen molar-refractivity contribution in [1.82, 2.24) is 0 Å². The highest BCUT2D eigenvalue weighted by Crippen LogP contribution is 2.50. The van der Waals surface area contributed by atoms with Crippen LogP contribution in [0.1, 0.15) is 31.0 Å². The molecule has 0 spiro atoms. The highest BCUT2D eigenvalue weighted by atomic mass is 16.7. The summed E-state index contributed by atoms with van der Waals surface area (Å²) in [7, 11) is 4.37. The van der Waals surface area contributed by atoms with Crippen molar-refractivity contribution in [2.75, 3.05) is 32.8 Å². The molecule has 37 heavy (non-hydrogen) atoms. The van der Waals surface area contributed by atoms with Crippen LogP contribution in [0.25, 0.3) is 0 Å². The van der Waals surface area contributed by atoms with Crippen LogP contribution in [0.3, 0.4) is 0 Å². The molecule has 12 heteroatoms. The summed E-state index contributed by atoms with van der Waals surface area (Å²) in [6.45, 7) is 3.40. The molecule has 12 nitrogen and oxygen atoms in total. The maximum absolute atomic E-state index is 12.4. The monoisotopic (exact) mass is 518 g/mol. The zero-order chi connectivity index (χ0) is 26.9. The van der Waals surface area contributed by atoms with Crippen LogP contribution in [0.4, 0.5) is 16.2 Å². The summed E-state index contributed by atoms with van der Waals surface area (Å²) in [5.74, 6) is 0.891. The second kappa shape index (κ2) is 10.4. The first-order chi connectivity index (χ1) is 17.7. The molecule has 0 saturated heterocycles. The Bertz CT molecular complexity index is 1170. The van der Waals surface area contributed by atoms with Gasteiger partial charge >= 0.3 is 6.16 Å². The summed E-state index contributed by atoms with van der Waals surface area (Å²) in [4.78, 5) is 25.2. The standard InChI is InChI=1S/C25H30N2O10/c1-6-35-24(29)36-20-12-14-11-16(32-3)8-9-18(14)26(20)21-17-13-15(27(30)31)7-10-19(17)37-25(2,22(21)28)23(33-4)34-5/h7-11,13,20-23,28H,6,12H2,1-5H3/t20-,21+,22-,25-/m0/s1. The molecule has 1 N–H and O–H groups in total. The molecule has 2 aromatic rings. The zero-order valence-corrected chi connectivity index (χ0v) is 21.2. The van der Waals surface area contributed by atoms with Gasteiger partial charge in [-0.2, -0.15) is 0 Å². The number of carbonyl (C=O) groups is 1. The highest BCUT2D eigenvalue weighted by molar-refractivity contribution is 5.67. The Morgan fingerprint density at radius 3 is 2.59 bits per heavy atom. The SMILES string of the molecule is CCOC(=O)O[C@H]1Cc2cc(OC)ccc2N1[C@@H]1c2cc([N+](=O)[O-])ccc2O[C@](C)(C(OC)OC)[C@H]1O. The van der Waals surface area contributed by atoms with E-state index in [9.17, 15) is 20.0 Å². The quantitative estimate of drug-likeness (QED) is 0.238. The first kappa shape index (κ1) is 26.5. The van der Waals surface area contributed by atoms with E-state index in [1.54, 1.807) is 38.0 Å². The number of hydrogen-bond acceptors (Lipinski definition) is 11. The number of carbonyl (C=O) groups excluding carboxylic acids is 1. The van der Waals surface area contributed by atoms with Gasteiger partial charge in [0.25, 0.3) is 5.69 Å². The molecular formula is C25H30N2O10. The van der Waals surface area contributed by atoms with E-state index in [1.807, 2.05) is 6.07 Å². The predicted octanol–water partition coefficient (Wildman–Crippen LogP) is 3.34. The third-order valence-corrected chi connectivity index (χ3v) is 6.70. The van der Waals surface area contributed by atoms with Crippen LogP contribution in [-0.4, -0.2) is 68.3 Å². The molecule has 0 amide bonds. The van der Waals surface area contributed by atoms with Gasteiger partial charge < -0.3 is 38.4 Å². The van der Waals surface area contributed by atoms with Gasteiger partial charge in [-0.15, -0.1) is 0 Å². The molecule has 0 fully saturated rings. The number of methoxy groups -OCH3 is 3. The molecule has 200 valence electrons. The second-order valence-electron chi connectivity index (χ2n) is 8.82. The topological polar surface area (TPSA) is 139 Å². The molecule has 0 aliphatic carbocycles. The van der Waals surface area contributed by atoms with E-state index in [2.05, 4.69) is 0 Å². The highest BCUT2D eigenvalue weighted by Gasteiger charge is 2.56. The Morgan fingerprint density at radius 1 is 1.24 bits per heavy atom. The van der Waals surface area contributed by atoms with Crippen molar-refractivity contribution in [2.24, 2.45) is 0 Å². The maximum Gasteiger partial charge on any atom is 0.510 e. The predicted molar refractivity (Wildman–Crippen MR) is 130 cm³/mol. The Hall–Kier alpha value is -3.61. The number of aliphatic hydroxyl groups excluding tert-OH is 1. The van der Waals surface area contributed by atoms with Crippen molar-refractivity contribution in [3.05, 3.63) is 57.6 Å². The van der Waals surface area contributed by atoms with E-state index in [-0.39, 0.29) is 18.7 Å². The lowest BCUT2D eigenvalue weighted by atomic mass is 9.83. The van der Waals surface area contributed by atoms with Crippen molar-refractivity contribution < 1.29 is 43.2 Å². The first-order valence-electron chi connectivity index (χ1n) is 11.7. The van der Waals surface area contributed by atoms with Crippen molar-refractivity contribution in [3.8, 4) is 11.5 Å². The molecule has 2 heterocycles. The maximum atomic E-state index is 12.4. The fourth-order valence-electron chi connectivity index (χ4n) is 5.04. The normalized spacial score (nSPS) is 24.2. The smallest absolute Gasteiger partial charge is 0.497 e. The zero-order valence-electron chi connectivity index (χ0n) is 21.2. The van der Waals surface area contributed by atoms with E-state index in [4.69, 9.17) is 28.4 Å². The summed E-state index contributed by atoms with van der Waals surface area (Å²) in [6.07, 6.45) is -3.88. The molecular weight excluding hydrogens is 488 g/mol. The van der Waals surface area contributed by atoms with Gasteiger partial charge in [0.15, 0.2) is 18.1 Å². The summed E-state index contributed by atoms with van der Waals surface area (Å²) in [5.41, 5.74) is 0.144. The summed E-state index contributed by atoms with van der Waals surface area (Å²) < 4.78 is 33.2. The molecule has 2 aliphatic rings. The number of ether oxygens (including phenoxy) is 6. The van der Waals surface area contributed by atoms with Crippen LogP contribution >= 0.6 is 0 Å². The van der Waals surface area contributed by atoms with Gasteiger partial charge in [-0.25, -0.2) is 4.79 Å². The lowest BCUT2D eigenvalue weighted by Gasteiger charge is -2.50. The van der Waals surface area contributed by atoms with Gasteiger partial charge in [0.05, 0.1) is 24.7 Å². The molecule has 0 bridgehead atoms. The Morgan fingerprint density at radius 2 is 1.97 bits per heavy atom. The van der Waals surface area contributed by atoms with Gasteiger partial charge in [0.2, 0.25) is 0 Å². The third-order valence-electron chi connectivity index (χ3n) is 6.70. The minimum absolute atomic E-state index is 0.114. The van der Waals surface area contributed by atoms with Crippen molar-refractivity contribution in [3.63, 3.8) is 0 Å². The van der Waals surface area contributed by atoms with E-state index in [0.29, 0.717) is 22.7 Å². The van der Waals surface area contributed by atoms with Crippen LogP contribution < -0.4 is 14.4 Å². The Balaban J connectivity index is 1.91. The summed E-state index contributed by atoms with van der Waals surface area (Å²) in [6, 6.07) is 8.50. The van der Waals surface area contributed by atoms with Crippen molar-refractivity contribution in [1.29, 1.82) is 0 Å². The Kier molecular flexibility index (Phi) is 7.44. The molecule has 4 rings (SSSR count). The van der Waals surface area contributed by atoms with Crippen LogP contribution in [0.2, 0.25) is 0 Å². The number of nitrogens with zero attached hydrogens (tertiary/aromatic N) is 2. The number of fused-ring (bicyclic) bond motifs is 2. The average Bonchev–Trinajstić information content (AvgIpc) is 3.21. The largest absolute Gasteiger partial charge is 0.510 e. The number of benzene rings is 2. The van der Waals surface area contributed by atoms with Crippen LogP contribution in [0.15, 0.2) is 36.4 Å². The van der Waals surface area contributed by atoms with Gasteiger partial charge in [0.1, 0.15) is 17.6 Å². The summed E-state index contributed by atoms with van der Waals surface area (Å²) >= 11 is 0. The van der Waals surface area contributed by atoms with E-state index in [1.165, 1.54) is 32.4 Å². The third kappa shape index (κ3) is 4.63. The first-order valence-corrected chi connectivity index (χ1v) is 11.7. The van der Waals surface area contributed by atoms with Crippen LogP contribution in [0.5, 0.6) is 11.5 Å². The lowest BCUT2D eigenvalue weighted by Crippen LogP contribution is -2.63. The number of rotatable bonds is 8. The van der Waals surface area contributed by atoms with E-state index in [0.717, 1.165) is 5.56 Å². The second-order valence-corrected chi connectivity index (χ2v) is 8.82. The fraction of sp³-hybridized carbons (Fsp3) is 0.480. The number of aliphatic hydroxyl groups is 1. The number of hydrogen-bond donors (Lipinski definition) is 1. The van der Waals surface area contributed by atoms with Crippen LogP contribution in [-0.2, 0) is 25.4 Å². The van der Waals surface area contributed by atoms with Gasteiger partial charge in [0, 0.05) is 44.0 Å². The van der Waals surface area contributed by atoms with E-state index < -0.39 is 41.3 Å². The van der Waals surface area contributed by atoms with Gasteiger partial charge in [-0.05, 0) is 43.7 Å². The van der Waals surface area contributed by atoms with Crippen LogP contribution in [0, 0.1) is 10.1 Å². The van der Waals surface area contributed by atoms with Gasteiger partial charge in [-0.1, -0.05) is 0 Å². The fourth-order valence-corrected chi connectivity index (χ4v) is 5.04. The number of nitro groups is 1. The van der Waals surface area contributed by atoms with Crippen molar-refractivity contribution in [2.45, 2.75) is 50.5 Å². The number of nitro benzene ring substituents is 1. The molecule has 2 aliphatic heterocycles. The molecule has 0 radical (unpaired) electrons. The van der Waals surface area contributed by atoms with Gasteiger partial charge in [-0.3, -0.25) is 10.1 Å². The molecule has 0 aromatic heterocycles. The minimum atomic E-state index is -1.44. The summed E-state index contributed by atoms with van der Waals surface area (Å²) in [5, 5.41) is 23.5. The minimum Gasteiger partial charge on any atom is -0.497 e. The molecule has 0 saturated carbocycles. The molecule has 0 unspecified atom stereocenters. The Labute approximate surface area is 213 Å².